The lowest BCUT2D eigenvalue weighted by Crippen LogP contribution is -2.07. The number of hydrogen-bond donors (Lipinski definition) is 0. The van der Waals surface area contributed by atoms with Crippen LogP contribution in [0.4, 0.5) is 0 Å². The van der Waals surface area contributed by atoms with Crippen molar-refractivity contribution in [3.63, 3.8) is 0 Å². The van der Waals surface area contributed by atoms with E-state index in [9.17, 15) is 0 Å². The van der Waals surface area contributed by atoms with Gasteiger partial charge >= 0.3 is 0 Å². The molecular formula is C8H13N. The predicted molar refractivity (Wildman–Crippen MR) is 36.7 cm³/mol. The lowest BCUT2D eigenvalue weighted by atomic mass is 9.89. The Balaban J connectivity index is 2.32. The van der Waals surface area contributed by atoms with Crippen molar-refractivity contribution in [1.29, 1.82) is 5.26 Å². The van der Waals surface area contributed by atoms with E-state index in [0.29, 0.717) is 0 Å². The van der Waals surface area contributed by atoms with Crippen LogP contribution in [-0.2, 0) is 0 Å². The third-order valence-corrected chi connectivity index (χ3v) is 1.80. The third-order valence-electron chi connectivity index (χ3n) is 1.80. The number of nitrogens with zero attached hydrogens (tertiary/aromatic N) is 1. The third kappa shape index (κ3) is 2.05. The van der Waals surface area contributed by atoms with Crippen LogP contribution in [0.5, 0.6) is 0 Å². The van der Waals surface area contributed by atoms with Crippen molar-refractivity contribution in [3.05, 3.63) is 0 Å². The van der Waals surface area contributed by atoms with Gasteiger partial charge in [-0.15, -0.1) is 0 Å². The van der Waals surface area contributed by atoms with Gasteiger partial charge in [0.05, 0.1) is 11.5 Å². The van der Waals surface area contributed by atoms with Crippen LogP contribution in [-0.4, -0.2) is 0 Å². The SMILES string of the molecule is CC(C)(C#N)CC1CC1. The van der Waals surface area contributed by atoms with Gasteiger partial charge < -0.3 is 0 Å². The lowest BCUT2D eigenvalue weighted by Gasteiger charge is -2.12. The van der Waals surface area contributed by atoms with Crippen molar-refractivity contribution < 1.29 is 0 Å². The molecule has 0 amide bonds. The summed E-state index contributed by atoms with van der Waals surface area (Å²) in [5.41, 5.74) is -0.0683. The second-order valence-electron chi connectivity index (χ2n) is 3.64. The Kier molecular flexibility index (Phi) is 1.48. The highest BCUT2D eigenvalue weighted by Crippen LogP contribution is 2.39. The molecule has 0 heterocycles. The molecule has 1 aliphatic rings. The molecule has 0 spiro atoms. The molecule has 1 nitrogen and oxygen atoms in total. The summed E-state index contributed by atoms with van der Waals surface area (Å²) in [6, 6.07) is 2.31. The molecule has 0 bridgehead atoms. The van der Waals surface area contributed by atoms with Crippen LogP contribution in [0.1, 0.15) is 33.1 Å². The molecule has 0 aromatic carbocycles. The minimum atomic E-state index is -0.0683. The molecule has 9 heavy (non-hydrogen) atoms. The van der Waals surface area contributed by atoms with Gasteiger partial charge in [0.1, 0.15) is 0 Å². The minimum Gasteiger partial charge on any atom is -0.198 e. The van der Waals surface area contributed by atoms with Gasteiger partial charge in [-0.1, -0.05) is 12.8 Å². The van der Waals surface area contributed by atoms with Crippen molar-refractivity contribution in [3.8, 4) is 6.07 Å². The van der Waals surface area contributed by atoms with E-state index in [0.717, 1.165) is 12.3 Å². The van der Waals surface area contributed by atoms with Gasteiger partial charge in [0.15, 0.2) is 0 Å². The van der Waals surface area contributed by atoms with Crippen LogP contribution in [0.15, 0.2) is 0 Å². The van der Waals surface area contributed by atoms with Crippen molar-refractivity contribution in [2.45, 2.75) is 33.1 Å². The Morgan fingerprint density at radius 1 is 1.56 bits per heavy atom. The van der Waals surface area contributed by atoms with E-state index in [2.05, 4.69) is 6.07 Å². The summed E-state index contributed by atoms with van der Waals surface area (Å²) in [5, 5.41) is 8.62. The van der Waals surface area contributed by atoms with Gasteiger partial charge in [0.2, 0.25) is 0 Å². The monoisotopic (exact) mass is 123 g/mol. The minimum absolute atomic E-state index is 0.0683. The summed E-state index contributed by atoms with van der Waals surface area (Å²) in [5.74, 6) is 0.875. The molecule has 1 heteroatoms. The summed E-state index contributed by atoms with van der Waals surface area (Å²) in [7, 11) is 0. The summed E-state index contributed by atoms with van der Waals surface area (Å²) in [6.45, 7) is 4.04. The van der Waals surface area contributed by atoms with Gasteiger partial charge in [0.25, 0.3) is 0 Å². The molecule has 1 saturated carbocycles. The molecule has 0 N–H and O–H groups in total. The van der Waals surface area contributed by atoms with E-state index < -0.39 is 0 Å². The van der Waals surface area contributed by atoms with E-state index in [4.69, 9.17) is 5.26 Å². The highest BCUT2D eigenvalue weighted by Gasteiger charge is 2.29. The Labute approximate surface area is 56.7 Å². The first-order valence-electron chi connectivity index (χ1n) is 3.55. The average Bonchev–Trinajstić information content (AvgIpc) is 2.50. The highest BCUT2D eigenvalue weighted by atomic mass is 14.4. The molecule has 0 atom stereocenters. The van der Waals surface area contributed by atoms with E-state index in [1.54, 1.807) is 0 Å². The molecule has 0 saturated heterocycles. The fraction of sp³-hybridized carbons (Fsp3) is 0.875. The van der Waals surface area contributed by atoms with Crippen molar-refractivity contribution in [1.82, 2.24) is 0 Å². The standard InChI is InChI=1S/C8H13N/c1-8(2,6-9)5-7-3-4-7/h7H,3-5H2,1-2H3. The van der Waals surface area contributed by atoms with Crippen LogP contribution < -0.4 is 0 Å². The summed E-state index contributed by atoms with van der Waals surface area (Å²) < 4.78 is 0. The Hall–Kier alpha value is -0.510. The van der Waals surface area contributed by atoms with Crippen LogP contribution in [0.2, 0.25) is 0 Å². The predicted octanol–water partition coefficient (Wildman–Crippen LogP) is 2.34. The first-order chi connectivity index (χ1) is 4.14. The average molecular weight is 123 g/mol. The second kappa shape index (κ2) is 2.02. The Bertz CT molecular complexity index is 137. The van der Waals surface area contributed by atoms with Gasteiger partial charge in [-0.05, 0) is 26.2 Å². The lowest BCUT2D eigenvalue weighted by molar-refractivity contribution is 0.422. The van der Waals surface area contributed by atoms with Crippen LogP contribution >= 0.6 is 0 Å². The van der Waals surface area contributed by atoms with Crippen LogP contribution in [0.3, 0.4) is 0 Å². The Morgan fingerprint density at radius 3 is 2.44 bits per heavy atom. The van der Waals surface area contributed by atoms with E-state index in [-0.39, 0.29) is 5.41 Å². The summed E-state index contributed by atoms with van der Waals surface area (Å²) in [6.07, 6.45) is 3.81. The zero-order chi connectivity index (χ0) is 6.91. The first-order valence-corrected chi connectivity index (χ1v) is 3.55. The molecular weight excluding hydrogens is 110 g/mol. The first kappa shape index (κ1) is 6.61. The maximum absolute atomic E-state index is 8.62. The number of hydrogen-bond acceptors (Lipinski definition) is 1. The molecule has 0 aromatic rings. The Morgan fingerprint density at radius 2 is 2.11 bits per heavy atom. The van der Waals surface area contributed by atoms with Gasteiger partial charge in [-0.25, -0.2) is 0 Å². The highest BCUT2D eigenvalue weighted by molar-refractivity contribution is 4.95. The molecule has 50 valence electrons. The van der Waals surface area contributed by atoms with E-state index in [1.165, 1.54) is 12.8 Å². The molecule has 1 rings (SSSR count). The molecule has 1 aliphatic carbocycles. The second-order valence-corrected chi connectivity index (χ2v) is 3.64. The largest absolute Gasteiger partial charge is 0.198 e. The number of rotatable bonds is 2. The zero-order valence-electron chi connectivity index (χ0n) is 6.15. The molecule has 1 fully saturated rings. The van der Waals surface area contributed by atoms with E-state index in [1.807, 2.05) is 13.8 Å². The van der Waals surface area contributed by atoms with Gasteiger partial charge in [0, 0.05) is 0 Å². The quantitative estimate of drug-likeness (QED) is 0.553. The van der Waals surface area contributed by atoms with Crippen molar-refractivity contribution in [2.24, 2.45) is 11.3 Å². The summed E-state index contributed by atoms with van der Waals surface area (Å²) >= 11 is 0. The summed E-state index contributed by atoms with van der Waals surface area (Å²) in [4.78, 5) is 0. The van der Waals surface area contributed by atoms with Gasteiger partial charge in [-0.2, -0.15) is 5.26 Å². The molecule has 0 aliphatic heterocycles. The van der Waals surface area contributed by atoms with Gasteiger partial charge in [-0.3, -0.25) is 0 Å². The molecule has 0 unspecified atom stereocenters. The molecule has 0 radical (unpaired) electrons. The number of nitriles is 1. The van der Waals surface area contributed by atoms with Crippen LogP contribution in [0.25, 0.3) is 0 Å². The van der Waals surface area contributed by atoms with Crippen molar-refractivity contribution in [2.75, 3.05) is 0 Å². The fourth-order valence-electron chi connectivity index (χ4n) is 1.09. The smallest absolute Gasteiger partial charge is 0.0684 e. The van der Waals surface area contributed by atoms with Crippen LogP contribution in [0, 0.1) is 22.7 Å². The maximum atomic E-state index is 8.62. The normalized spacial score (nSPS) is 19.2. The zero-order valence-corrected chi connectivity index (χ0v) is 6.15. The topological polar surface area (TPSA) is 23.8 Å². The fourth-order valence-corrected chi connectivity index (χ4v) is 1.09. The van der Waals surface area contributed by atoms with Crippen molar-refractivity contribution >= 4 is 0 Å². The molecule has 0 aromatic heterocycles. The van der Waals surface area contributed by atoms with E-state index >= 15 is 0 Å². The maximum Gasteiger partial charge on any atom is 0.0684 e.